The Hall–Kier alpha value is -2.00. The van der Waals surface area contributed by atoms with Crippen LogP contribution in [-0.2, 0) is 4.74 Å². The third-order valence-electron chi connectivity index (χ3n) is 2.49. The molecule has 0 spiro atoms. The van der Waals surface area contributed by atoms with E-state index < -0.39 is 0 Å². The molecule has 0 bridgehead atoms. The van der Waals surface area contributed by atoms with E-state index in [-0.39, 0.29) is 11.2 Å². The number of nitrogen functional groups attached to an aromatic ring is 1. The maximum Gasteiger partial charge on any atom is 0.251 e. The Kier molecular flexibility index (Phi) is 2.79. The summed E-state index contributed by atoms with van der Waals surface area (Å²) < 4.78 is 5.21. The maximum atomic E-state index is 11.3. The molecule has 0 unspecified atom stereocenters. The van der Waals surface area contributed by atoms with Crippen molar-refractivity contribution in [3.8, 4) is 6.07 Å². The SMILES string of the molecule is N#Cc1c(N)cc(=O)[nH]c1N1CCOCC1. The summed E-state index contributed by atoms with van der Waals surface area (Å²) in [6, 6.07) is 3.24. The zero-order valence-corrected chi connectivity index (χ0v) is 8.69. The minimum atomic E-state index is -0.294. The lowest BCUT2D eigenvalue weighted by atomic mass is 10.2. The summed E-state index contributed by atoms with van der Waals surface area (Å²) in [7, 11) is 0. The first-order valence-electron chi connectivity index (χ1n) is 4.98. The Bertz CT molecular complexity index is 483. The standard InChI is InChI=1S/C10H12N4O2/c11-6-7-8(12)5-9(15)13-10(7)14-1-3-16-4-2-14/h5H,1-4H2,(H3,12,13,15). The molecule has 6 heteroatoms. The maximum absolute atomic E-state index is 11.3. The molecule has 0 atom stereocenters. The fourth-order valence-corrected chi connectivity index (χ4v) is 1.71. The predicted octanol–water partition coefficient (Wildman–Crippen LogP) is -0.335. The normalized spacial score (nSPS) is 15.8. The van der Waals surface area contributed by atoms with Gasteiger partial charge in [-0.1, -0.05) is 0 Å². The number of H-pyrrole nitrogens is 1. The minimum Gasteiger partial charge on any atom is -0.397 e. The molecule has 84 valence electrons. The van der Waals surface area contributed by atoms with Gasteiger partial charge >= 0.3 is 0 Å². The number of nitrogens with zero attached hydrogens (tertiary/aromatic N) is 2. The number of anilines is 2. The zero-order chi connectivity index (χ0) is 11.5. The summed E-state index contributed by atoms with van der Waals surface area (Å²) in [5.74, 6) is 0.496. The molecule has 0 saturated carbocycles. The predicted molar refractivity (Wildman–Crippen MR) is 59.2 cm³/mol. The van der Waals surface area contributed by atoms with E-state index in [4.69, 9.17) is 15.7 Å². The van der Waals surface area contributed by atoms with Gasteiger partial charge in [0, 0.05) is 19.2 Å². The van der Waals surface area contributed by atoms with E-state index in [0.717, 1.165) is 0 Å². The molecule has 1 saturated heterocycles. The fraction of sp³-hybridized carbons (Fsp3) is 0.400. The van der Waals surface area contributed by atoms with Gasteiger partial charge < -0.3 is 20.4 Å². The molecule has 3 N–H and O–H groups in total. The van der Waals surface area contributed by atoms with E-state index in [1.54, 1.807) is 0 Å². The third-order valence-corrected chi connectivity index (χ3v) is 2.49. The number of hydrogen-bond donors (Lipinski definition) is 2. The number of aromatic amines is 1. The van der Waals surface area contributed by atoms with E-state index in [0.29, 0.717) is 37.7 Å². The molecule has 1 aromatic rings. The smallest absolute Gasteiger partial charge is 0.251 e. The number of ether oxygens (including phenoxy) is 1. The topological polar surface area (TPSA) is 95.1 Å². The second kappa shape index (κ2) is 4.24. The second-order valence-corrected chi connectivity index (χ2v) is 3.52. The van der Waals surface area contributed by atoms with E-state index in [2.05, 4.69) is 4.98 Å². The van der Waals surface area contributed by atoms with Gasteiger partial charge in [0.25, 0.3) is 5.56 Å². The van der Waals surface area contributed by atoms with E-state index in [1.807, 2.05) is 11.0 Å². The fourth-order valence-electron chi connectivity index (χ4n) is 1.71. The highest BCUT2D eigenvalue weighted by Gasteiger charge is 2.17. The van der Waals surface area contributed by atoms with E-state index in [9.17, 15) is 4.79 Å². The first-order valence-corrected chi connectivity index (χ1v) is 4.98. The van der Waals surface area contributed by atoms with Crippen LogP contribution in [0, 0.1) is 11.3 Å². The van der Waals surface area contributed by atoms with Gasteiger partial charge in [-0.2, -0.15) is 5.26 Å². The summed E-state index contributed by atoms with van der Waals surface area (Å²) in [6.45, 7) is 2.46. The Labute approximate surface area is 92.2 Å². The summed E-state index contributed by atoms with van der Waals surface area (Å²) >= 11 is 0. The van der Waals surface area contributed by atoms with Crippen LogP contribution in [0.15, 0.2) is 10.9 Å². The molecule has 16 heavy (non-hydrogen) atoms. The van der Waals surface area contributed by atoms with Crippen molar-refractivity contribution in [1.29, 1.82) is 5.26 Å². The Morgan fingerprint density at radius 3 is 2.81 bits per heavy atom. The number of nitrogens with two attached hydrogens (primary N) is 1. The molecule has 0 aliphatic carbocycles. The van der Waals surface area contributed by atoms with Crippen LogP contribution in [0.4, 0.5) is 11.5 Å². The van der Waals surface area contributed by atoms with Crippen molar-refractivity contribution >= 4 is 11.5 Å². The number of nitrogens with one attached hydrogen (secondary N) is 1. The van der Waals surface area contributed by atoms with Gasteiger partial charge in [-0.15, -0.1) is 0 Å². The van der Waals surface area contributed by atoms with Crippen LogP contribution in [0.3, 0.4) is 0 Å². The first kappa shape index (κ1) is 10.5. The van der Waals surface area contributed by atoms with Gasteiger partial charge in [0.1, 0.15) is 17.5 Å². The van der Waals surface area contributed by atoms with Crippen LogP contribution in [-0.4, -0.2) is 31.3 Å². The third kappa shape index (κ3) is 1.85. The first-order chi connectivity index (χ1) is 7.72. The highest BCUT2D eigenvalue weighted by Crippen LogP contribution is 2.21. The number of rotatable bonds is 1. The molecular weight excluding hydrogens is 208 g/mol. The molecule has 1 fully saturated rings. The van der Waals surface area contributed by atoms with Crippen molar-refractivity contribution in [3.05, 3.63) is 22.0 Å². The highest BCUT2D eigenvalue weighted by molar-refractivity contribution is 5.66. The monoisotopic (exact) mass is 220 g/mol. The van der Waals surface area contributed by atoms with Gasteiger partial charge in [0.15, 0.2) is 0 Å². The van der Waals surface area contributed by atoms with E-state index >= 15 is 0 Å². The molecule has 2 rings (SSSR count). The number of aromatic nitrogens is 1. The van der Waals surface area contributed by atoms with Gasteiger partial charge in [-0.3, -0.25) is 4.79 Å². The summed E-state index contributed by atoms with van der Waals surface area (Å²) in [4.78, 5) is 15.9. The average Bonchev–Trinajstić information content (AvgIpc) is 2.29. The summed E-state index contributed by atoms with van der Waals surface area (Å²) in [5.41, 5.74) is 5.88. The van der Waals surface area contributed by atoms with Gasteiger partial charge in [-0.05, 0) is 0 Å². The van der Waals surface area contributed by atoms with Crippen molar-refractivity contribution in [2.45, 2.75) is 0 Å². The molecule has 0 aromatic carbocycles. The minimum absolute atomic E-state index is 0.216. The molecule has 1 aliphatic heterocycles. The molecular formula is C10H12N4O2. The molecule has 1 aromatic heterocycles. The molecule has 0 radical (unpaired) electrons. The van der Waals surface area contributed by atoms with Crippen LogP contribution in [0.5, 0.6) is 0 Å². The molecule has 1 aliphatic rings. The largest absolute Gasteiger partial charge is 0.397 e. The van der Waals surface area contributed by atoms with Crippen molar-refractivity contribution in [2.75, 3.05) is 36.9 Å². The lowest BCUT2D eigenvalue weighted by Crippen LogP contribution is -2.38. The number of morpholine rings is 1. The van der Waals surface area contributed by atoms with Crippen LogP contribution in [0.2, 0.25) is 0 Å². The average molecular weight is 220 g/mol. The van der Waals surface area contributed by atoms with Crippen LogP contribution < -0.4 is 16.2 Å². The number of nitriles is 1. The van der Waals surface area contributed by atoms with Crippen molar-refractivity contribution in [3.63, 3.8) is 0 Å². The lowest BCUT2D eigenvalue weighted by molar-refractivity contribution is 0.122. The van der Waals surface area contributed by atoms with Crippen LogP contribution in [0.25, 0.3) is 0 Å². The van der Waals surface area contributed by atoms with Gasteiger partial charge in [0.2, 0.25) is 0 Å². The molecule has 2 heterocycles. The van der Waals surface area contributed by atoms with Gasteiger partial charge in [0.05, 0.1) is 18.9 Å². The Balaban J connectivity index is 2.46. The molecule has 0 amide bonds. The summed E-state index contributed by atoms with van der Waals surface area (Å²) in [5, 5.41) is 9.01. The quantitative estimate of drug-likeness (QED) is 0.675. The number of pyridine rings is 1. The van der Waals surface area contributed by atoms with Crippen molar-refractivity contribution < 1.29 is 4.74 Å². The van der Waals surface area contributed by atoms with Crippen LogP contribution >= 0.6 is 0 Å². The lowest BCUT2D eigenvalue weighted by Gasteiger charge is -2.29. The van der Waals surface area contributed by atoms with Crippen molar-refractivity contribution in [2.24, 2.45) is 0 Å². The zero-order valence-electron chi connectivity index (χ0n) is 8.69. The molecule has 6 nitrogen and oxygen atoms in total. The summed E-state index contributed by atoms with van der Waals surface area (Å²) in [6.07, 6.45) is 0. The highest BCUT2D eigenvalue weighted by atomic mass is 16.5. The van der Waals surface area contributed by atoms with Crippen LogP contribution in [0.1, 0.15) is 5.56 Å². The number of hydrogen-bond acceptors (Lipinski definition) is 5. The van der Waals surface area contributed by atoms with Crippen molar-refractivity contribution in [1.82, 2.24) is 4.98 Å². The van der Waals surface area contributed by atoms with E-state index in [1.165, 1.54) is 6.07 Å². The second-order valence-electron chi connectivity index (χ2n) is 3.52. The Morgan fingerprint density at radius 2 is 2.19 bits per heavy atom. The Morgan fingerprint density at radius 1 is 1.50 bits per heavy atom. The van der Waals surface area contributed by atoms with Gasteiger partial charge in [-0.25, -0.2) is 0 Å².